The normalized spacial score (nSPS) is 14.6. The molecule has 11 nitrogen and oxygen atoms in total. The largest absolute Gasteiger partial charge is 0.497 e. The van der Waals surface area contributed by atoms with Crippen LogP contribution in [0.25, 0.3) is 0 Å². The summed E-state index contributed by atoms with van der Waals surface area (Å²) in [7, 11) is 1.54. The summed E-state index contributed by atoms with van der Waals surface area (Å²) in [5.41, 5.74) is 3.30. The number of ether oxygens (including phenoxy) is 2. The van der Waals surface area contributed by atoms with Crippen molar-refractivity contribution in [1.29, 1.82) is 0 Å². The monoisotopic (exact) mass is 804 g/mol. The Morgan fingerprint density at radius 2 is 1.49 bits per heavy atom. The molecule has 1 unspecified atom stereocenters. The summed E-state index contributed by atoms with van der Waals surface area (Å²) in [6.07, 6.45) is 1.88. The molecule has 0 aliphatic carbocycles. The molecule has 0 fully saturated rings. The maximum absolute atomic E-state index is 13.7. The molecule has 1 heterocycles. The number of amides is 3. The number of azo groups is 1. The number of halogens is 3. The number of carbonyl (C=O) groups is 3. The zero-order valence-corrected chi connectivity index (χ0v) is 33.9. The van der Waals surface area contributed by atoms with Gasteiger partial charge in [0.2, 0.25) is 6.04 Å². The van der Waals surface area contributed by atoms with Crippen LogP contribution in [0.5, 0.6) is 11.5 Å². The van der Waals surface area contributed by atoms with Gasteiger partial charge in [-0.1, -0.05) is 88.5 Å². The fourth-order valence-corrected chi connectivity index (χ4v) is 6.52. The predicted molar refractivity (Wildman–Crippen MR) is 219 cm³/mol. The molecule has 0 radical (unpaired) electrons. The van der Waals surface area contributed by atoms with Gasteiger partial charge in [0.25, 0.3) is 17.7 Å². The average molecular weight is 806 g/mol. The van der Waals surface area contributed by atoms with Crippen LogP contribution in [-0.2, 0) is 20.4 Å². The third-order valence-electron chi connectivity index (χ3n) is 9.75. The van der Waals surface area contributed by atoms with Crippen molar-refractivity contribution in [1.82, 2.24) is 5.32 Å². The zero-order valence-electron chi connectivity index (χ0n) is 31.7. The molecule has 55 heavy (non-hydrogen) atoms. The maximum atomic E-state index is 13.7. The van der Waals surface area contributed by atoms with Crippen molar-refractivity contribution in [2.45, 2.75) is 71.3 Å². The number of carbonyl (C=O) groups excluding carboxylic acids is 3. The van der Waals surface area contributed by atoms with Gasteiger partial charge < -0.3 is 20.1 Å². The van der Waals surface area contributed by atoms with Gasteiger partial charge in [0.15, 0.2) is 12.4 Å². The number of rotatable bonds is 13. The molecule has 4 aromatic rings. The first-order chi connectivity index (χ1) is 26.1. The lowest BCUT2D eigenvalue weighted by Gasteiger charge is -2.30. The molecular weight excluding hydrogens is 763 g/mol. The number of benzene rings is 4. The summed E-state index contributed by atoms with van der Waals surface area (Å²) >= 11 is 18.9. The molecule has 4 aromatic carbocycles. The van der Waals surface area contributed by atoms with Crippen LogP contribution in [0.15, 0.2) is 94.2 Å². The molecule has 0 spiro atoms. The second-order valence-corrected chi connectivity index (χ2v) is 15.5. The minimum absolute atomic E-state index is 0.00455. The lowest BCUT2D eigenvalue weighted by molar-refractivity contribution is -0.118. The Morgan fingerprint density at radius 1 is 0.855 bits per heavy atom. The van der Waals surface area contributed by atoms with E-state index < -0.39 is 17.9 Å². The van der Waals surface area contributed by atoms with E-state index >= 15 is 0 Å². The zero-order chi connectivity index (χ0) is 40.1. The van der Waals surface area contributed by atoms with Crippen molar-refractivity contribution >= 4 is 75.4 Å². The van der Waals surface area contributed by atoms with E-state index in [1.807, 2.05) is 6.07 Å². The van der Waals surface area contributed by atoms with E-state index in [-0.39, 0.29) is 55.5 Å². The van der Waals surface area contributed by atoms with E-state index in [0.717, 1.165) is 23.4 Å². The van der Waals surface area contributed by atoms with E-state index in [1.54, 1.807) is 36.4 Å². The molecule has 5 rings (SSSR count). The van der Waals surface area contributed by atoms with Crippen molar-refractivity contribution in [3.8, 4) is 11.5 Å². The standard InChI is InChI=1S/C41H43Cl3N6O5/c1-8-40(3,4)25-12-19-33(30(20-25)41(5,6)9-2)55-23-34(51)45-27-13-10-24(11-14-27)38(52)46-37-35(48-47-28-15-17-29(54-7)18-16-28)39(53)50(49-37)36-31(43)21-26(42)22-32(36)44/h10-22,35H,8-9,23H2,1-7H3,(H,45,51)(H,46,49,52). The minimum atomic E-state index is -1.34. The smallest absolute Gasteiger partial charge is 0.282 e. The summed E-state index contributed by atoms with van der Waals surface area (Å²) in [6.45, 7) is 12.9. The Morgan fingerprint density at radius 3 is 2.09 bits per heavy atom. The van der Waals surface area contributed by atoms with Crippen molar-refractivity contribution < 1.29 is 23.9 Å². The van der Waals surface area contributed by atoms with Crippen molar-refractivity contribution in [3.05, 3.63) is 111 Å². The molecule has 0 aromatic heterocycles. The van der Waals surface area contributed by atoms with Crippen LogP contribution in [0, 0.1) is 0 Å². The fraction of sp³-hybridized carbons (Fsp3) is 0.317. The summed E-state index contributed by atoms with van der Waals surface area (Å²) in [5.74, 6) is -0.443. The lowest BCUT2D eigenvalue weighted by atomic mass is 9.76. The van der Waals surface area contributed by atoms with Gasteiger partial charge >= 0.3 is 0 Å². The highest BCUT2D eigenvalue weighted by molar-refractivity contribution is 6.43. The van der Waals surface area contributed by atoms with Crippen LogP contribution in [-0.4, -0.2) is 43.3 Å². The van der Waals surface area contributed by atoms with E-state index in [0.29, 0.717) is 22.9 Å². The number of amidine groups is 1. The highest BCUT2D eigenvalue weighted by Crippen LogP contribution is 2.40. The van der Waals surface area contributed by atoms with Gasteiger partial charge in [0.1, 0.15) is 17.2 Å². The molecule has 14 heteroatoms. The number of methoxy groups -OCH3 is 1. The summed E-state index contributed by atoms with van der Waals surface area (Å²) in [6, 6.07) is 20.6. The van der Waals surface area contributed by atoms with Crippen LogP contribution < -0.4 is 25.1 Å². The number of hydrogen-bond acceptors (Lipinski definition) is 8. The van der Waals surface area contributed by atoms with Crippen molar-refractivity contribution in [3.63, 3.8) is 0 Å². The maximum Gasteiger partial charge on any atom is 0.282 e. The number of nitrogens with zero attached hydrogens (tertiary/aromatic N) is 4. The van der Waals surface area contributed by atoms with E-state index in [2.05, 4.69) is 79.6 Å². The van der Waals surface area contributed by atoms with Crippen LogP contribution >= 0.6 is 34.8 Å². The Labute approximate surface area is 336 Å². The Kier molecular flexibility index (Phi) is 12.9. The molecule has 288 valence electrons. The van der Waals surface area contributed by atoms with Crippen LogP contribution in [0.2, 0.25) is 15.1 Å². The number of hydrogen-bond donors (Lipinski definition) is 2. The Hall–Kier alpha value is -4.97. The van der Waals surface area contributed by atoms with E-state index in [4.69, 9.17) is 44.3 Å². The van der Waals surface area contributed by atoms with Gasteiger partial charge in [-0.2, -0.15) is 15.2 Å². The number of nitrogens with one attached hydrogen (secondary N) is 2. The topological polar surface area (TPSA) is 134 Å². The highest BCUT2D eigenvalue weighted by Gasteiger charge is 2.40. The minimum Gasteiger partial charge on any atom is -0.497 e. The first-order valence-electron chi connectivity index (χ1n) is 17.7. The molecule has 1 atom stereocenters. The van der Waals surface area contributed by atoms with Gasteiger partial charge in [-0.25, -0.2) is 0 Å². The molecule has 0 saturated carbocycles. The molecule has 1 aliphatic heterocycles. The van der Waals surface area contributed by atoms with Gasteiger partial charge in [-0.15, -0.1) is 5.10 Å². The van der Waals surface area contributed by atoms with Crippen LogP contribution in [0.1, 0.15) is 75.9 Å². The van der Waals surface area contributed by atoms with Gasteiger partial charge in [-0.05, 0) is 96.0 Å². The molecular formula is C41H43Cl3N6O5. The number of anilines is 2. The van der Waals surface area contributed by atoms with Gasteiger partial charge in [0, 0.05) is 21.8 Å². The predicted octanol–water partition coefficient (Wildman–Crippen LogP) is 10.3. The van der Waals surface area contributed by atoms with Gasteiger partial charge in [0.05, 0.1) is 22.8 Å². The molecule has 3 amide bonds. The molecule has 0 saturated heterocycles. The first kappa shape index (κ1) is 41.2. The molecule has 1 aliphatic rings. The summed E-state index contributed by atoms with van der Waals surface area (Å²) < 4.78 is 11.3. The SMILES string of the molecule is CCC(C)(C)c1ccc(OCC(=O)Nc2ccc(C(=O)NC3=NN(c4c(Cl)cc(Cl)cc4Cl)C(=O)C3N=Nc3ccc(OC)cc3)cc2)c(C(C)(C)CC)c1. The lowest BCUT2D eigenvalue weighted by Crippen LogP contribution is -2.39. The van der Waals surface area contributed by atoms with Crippen molar-refractivity contribution in [2.75, 3.05) is 24.0 Å². The summed E-state index contributed by atoms with van der Waals surface area (Å²) in [5, 5.41) is 19.6. The highest BCUT2D eigenvalue weighted by atomic mass is 35.5. The number of hydrazone groups is 1. The second-order valence-electron chi connectivity index (χ2n) is 14.2. The van der Waals surface area contributed by atoms with Crippen molar-refractivity contribution in [2.24, 2.45) is 15.3 Å². The fourth-order valence-electron chi connectivity index (χ4n) is 5.55. The third kappa shape index (κ3) is 9.65. The Bertz CT molecular complexity index is 2110. The quantitative estimate of drug-likeness (QED) is 0.130. The third-order valence-corrected chi connectivity index (χ3v) is 10.5. The van der Waals surface area contributed by atoms with E-state index in [9.17, 15) is 14.4 Å². The Balaban J connectivity index is 1.30. The summed E-state index contributed by atoms with van der Waals surface area (Å²) in [4.78, 5) is 40.1. The van der Waals surface area contributed by atoms with Gasteiger partial charge in [-0.3, -0.25) is 14.4 Å². The van der Waals surface area contributed by atoms with Crippen LogP contribution in [0.3, 0.4) is 0 Å². The first-order valence-corrected chi connectivity index (χ1v) is 18.8. The second kappa shape index (κ2) is 17.2. The van der Waals surface area contributed by atoms with Crippen LogP contribution in [0.4, 0.5) is 17.1 Å². The molecule has 0 bridgehead atoms. The average Bonchev–Trinajstić information content (AvgIpc) is 3.45. The van der Waals surface area contributed by atoms with E-state index in [1.165, 1.54) is 36.9 Å². The molecule has 2 N–H and O–H groups in total.